The molecule has 0 bridgehead atoms. The Morgan fingerprint density at radius 1 is 1.00 bits per heavy atom. The zero-order valence-corrected chi connectivity index (χ0v) is 16.4. The molecule has 0 aliphatic carbocycles. The number of rotatable bonds is 10. The Kier molecular flexibility index (Phi) is 8.94. The summed E-state index contributed by atoms with van der Waals surface area (Å²) in [6.45, 7) is 7.19. The minimum absolute atomic E-state index is 0.218. The molecule has 0 spiro atoms. The molecule has 2 unspecified atom stereocenters. The van der Waals surface area contributed by atoms with Crippen LogP contribution in [0.4, 0.5) is 0 Å². The SMILES string of the molecule is CCC(C)C(NC(=O)[C@@H](NC(=O)[C@@H](N)Cc1ccccc1)C(C)C)C(=O)O. The number of hydrogen-bond donors (Lipinski definition) is 4. The van der Waals surface area contributed by atoms with Gasteiger partial charge in [-0.15, -0.1) is 0 Å². The van der Waals surface area contributed by atoms with E-state index in [0.29, 0.717) is 12.8 Å². The van der Waals surface area contributed by atoms with Crippen LogP contribution < -0.4 is 16.4 Å². The molecule has 1 aromatic rings. The topological polar surface area (TPSA) is 122 Å². The number of hydrogen-bond acceptors (Lipinski definition) is 4. The monoisotopic (exact) mass is 377 g/mol. The average Bonchev–Trinajstić information content (AvgIpc) is 2.63. The number of carboxylic acid groups (broad SMARTS) is 1. The fraction of sp³-hybridized carbons (Fsp3) is 0.550. The standard InChI is InChI=1S/C20H31N3O4/c1-5-13(4)17(20(26)27)23-19(25)16(12(2)3)22-18(24)15(21)11-14-9-7-6-8-10-14/h6-10,12-13,15-17H,5,11,21H2,1-4H3,(H,22,24)(H,23,25)(H,26,27)/t13?,15-,16-,17?/m0/s1. The van der Waals surface area contributed by atoms with Crippen molar-refractivity contribution in [3.05, 3.63) is 35.9 Å². The molecule has 2 amide bonds. The largest absolute Gasteiger partial charge is 0.480 e. The van der Waals surface area contributed by atoms with Crippen LogP contribution >= 0.6 is 0 Å². The molecule has 27 heavy (non-hydrogen) atoms. The third-order valence-electron chi connectivity index (χ3n) is 4.66. The van der Waals surface area contributed by atoms with Crippen molar-refractivity contribution in [2.24, 2.45) is 17.6 Å². The minimum Gasteiger partial charge on any atom is -0.480 e. The number of carboxylic acids is 1. The first-order valence-corrected chi connectivity index (χ1v) is 9.30. The Bertz CT molecular complexity index is 633. The molecule has 0 radical (unpaired) electrons. The van der Waals surface area contributed by atoms with E-state index in [-0.39, 0.29) is 11.8 Å². The second-order valence-corrected chi connectivity index (χ2v) is 7.24. The van der Waals surface area contributed by atoms with Crippen molar-refractivity contribution < 1.29 is 19.5 Å². The van der Waals surface area contributed by atoms with Crippen LogP contribution in [0.15, 0.2) is 30.3 Å². The molecule has 150 valence electrons. The number of aliphatic carboxylic acids is 1. The predicted molar refractivity (Wildman–Crippen MR) is 104 cm³/mol. The van der Waals surface area contributed by atoms with Crippen LogP contribution in [0.25, 0.3) is 0 Å². The second-order valence-electron chi connectivity index (χ2n) is 7.24. The van der Waals surface area contributed by atoms with Crippen molar-refractivity contribution in [3.63, 3.8) is 0 Å². The molecule has 0 saturated carbocycles. The van der Waals surface area contributed by atoms with Crippen molar-refractivity contribution in [2.75, 3.05) is 0 Å². The highest BCUT2D eigenvalue weighted by molar-refractivity contribution is 5.92. The minimum atomic E-state index is -1.09. The lowest BCUT2D eigenvalue weighted by atomic mass is 9.97. The van der Waals surface area contributed by atoms with E-state index >= 15 is 0 Å². The fourth-order valence-corrected chi connectivity index (χ4v) is 2.68. The number of carbonyl (C=O) groups is 3. The maximum absolute atomic E-state index is 12.6. The van der Waals surface area contributed by atoms with Gasteiger partial charge in [-0.3, -0.25) is 9.59 Å². The van der Waals surface area contributed by atoms with Gasteiger partial charge in [-0.2, -0.15) is 0 Å². The van der Waals surface area contributed by atoms with Crippen LogP contribution in [0, 0.1) is 11.8 Å². The quantitative estimate of drug-likeness (QED) is 0.490. The van der Waals surface area contributed by atoms with E-state index in [1.165, 1.54) is 0 Å². The highest BCUT2D eigenvalue weighted by atomic mass is 16.4. The summed E-state index contributed by atoms with van der Waals surface area (Å²) in [5.41, 5.74) is 6.90. The number of nitrogens with two attached hydrogens (primary N) is 1. The highest BCUT2D eigenvalue weighted by Gasteiger charge is 2.31. The Morgan fingerprint density at radius 3 is 2.04 bits per heavy atom. The molecule has 0 heterocycles. The molecule has 0 aliphatic rings. The van der Waals surface area contributed by atoms with Crippen LogP contribution in [-0.4, -0.2) is 41.0 Å². The van der Waals surface area contributed by atoms with Crippen LogP contribution in [0.1, 0.15) is 39.7 Å². The van der Waals surface area contributed by atoms with Gasteiger partial charge in [0.2, 0.25) is 11.8 Å². The summed E-state index contributed by atoms with van der Waals surface area (Å²) in [6, 6.07) is 6.71. The molecule has 4 atom stereocenters. The van der Waals surface area contributed by atoms with E-state index < -0.39 is 35.9 Å². The van der Waals surface area contributed by atoms with Gasteiger partial charge in [0.25, 0.3) is 0 Å². The number of amides is 2. The van der Waals surface area contributed by atoms with Crippen LogP contribution in [0.5, 0.6) is 0 Å². The van der Waals surface area contributed by atoms with E-state index in [9.17, 15) is 19.5 Å². The Balaban J connectivity index is 2.77. The van der Waals surface area contributed by atoms with Gasteiger partial charge in [0, 0.05) is 0 Å². The lowest BCUT2D eigenvalue weighted by molar-refractivity contribution is -0.144. The first-order chi connectivity index (χ1) is 12.7. The van der Waals surface area contributed by atoms with Crippen LogP contribution in [-0.2, 0) is 20.8 Å². The van der Waals surface area contributed by atoms with Crippen molar-refractivity contribution in [1.29, 1.82) is 0 Å². The predicted octanol–water partition coefficient (Wildman–Crippen LogP) is 1.31. The summed E-state index contributed by atoms with van der Waals surface area (Å²) < 4.78 is 0. The van der Waals surface area contributed by atoms with E-state index in [1.54, 1.807) is 20.8 Å². The van der Waals surface area contributed by atoms with Gasteiger partial charge in [-0.05, 0) is 23.8 Å². The molecule has 1 aromatic carbocycles. The van der Waals surface area contributed by atoms with Crippen LogP contribution in [0.2, 0.25) is 0 Å². The smallest absolute Gasteiger partial charge is 0.326 e. The summed E-state index contributed by atoms with van der Waals surface area (Å²) in [4.78, 5) is 36.5. The van der Waals surface area contributed by atoms with Crippen molar-refractivity contribution in [2.45, 2.75) is 58.7 Å². The number of nitrogens with one attached hydrogen (secondary N) is 2. The van der Waals surface area contributed by atoms with Crippen molar-refractivity contribution in [1.82, 2.24) is 10.6 Å². The third-order valence-corrected chi connectivity index (χ3v) is 4.66. The normalized spacial score (nSPS) is 15.5. The molecule has 0 fully saturated rings. The molecule has 7 heteroatoms. The summed E-state index contributed by atoms with van der Waals surface area (Å²) in [6.07, 6.45) is 0.960. The molecule has 0 aromatic heterocycles. The average molecular weight is 377 g/mol. The third kappa shape index (κ3) is 7.02. The first kappa shape index (κ1) is 22.6. The van der Waals surface area contributed by atoms with Crippen molar-refractivity contribution >= 4 is 17.8 Å². The Morgan fingerprint density at radius 2 is 1.56 bits per heavy atom. The van der Waals surface area contributed by atoms with E-state index in [0.717, 1.165) is 5.56 Å². The maximum atomic E-state index is 12.6. The lowest BCUT2D eigenvalue weighted by Crippen LogP contribution is -2.57. The lowest BCUT2D eigenvalue weighted by Gasteiger charge is -2.27. The van der Waals surface area contributed by atoms with Gasteiger partial charge in [-0.25, -0.2) is 4.79 Å². The molecular weight excluding hydrogens is 346 g/mol. The van der Waals surface area contributed by atoms with E-state index in [4.69, 9.17) is 5.73 Å². The zero-order chi connectivity index (χ0) is 20.6. The van der Waals surface area contributed by atoms with E-state index in [1.807, 2.05) is 37.3 Å². The molecule has 0 saturated heterocycles. The molecular formula is C20H31N3O4. The van der Waals surface area contributed by atoms with E-state index in [2.05, 4.69) is 10.6 Å². The molecule has 1 rings (SSSR count). The molecule has 5 N–H and O–H groups in total. The van der Waals surface area contributed by atoms with Crippen LogP contribution in [0.3, 0.4) is 0 Å². The van der Waals surface area contributed by atoms with Crippen molar-refractivity contribution in [3.8, 4) is 0 Å². The Hall–Kier alpha value is -2.41. The highest BCUT2D eigenvalue weighted by Crippen LogP contribution is 2.10. The summed E-state index contributed by atoms with van der Waals surface area (Å²) in [7, 11) is 0. The van der Waals surface area contributed by atoms with Gasteiger partial charge in [0.1, 0.15) is 12.1 Å². The summed E-state index contributed by atoms with van der Waals surface area (Å²) in [5.74, 6) is -2.49. The zero-order valence-electron chi connectivity index (χ0n) is 16.4. The summed E-state index contributed by atoms with van der Waals surface area (Å²) in [5, 5.41) is 14.6. The molecule has 0 aliphatic heterocycles. The number of benzene rings is 1. The fourth-order valence-electron chi connectivity index (χ4n) is 2.68. The number of carbonyl (C=O) groups excluding carboxylic acids is 2. The maximum Gasteiger partial charge on any atom is 0.326 e. The second kappa shape index (κ2) is 10.7. The van der Waals surface area contributed by atoms with Gasteiger partial charge < -0.3 is 21.5 Å². The van der Waals surface area contributed by atoms with Gasteiger partial charge in [0.15, 0.2) is 0 Å². The van der Waals surface area contributed by atoms with Gasteiger partial charge in [-0.1, -0.05) is 64.4 Å². The Labute approximate surface area is 160 Å². The summed E-state index contributed by atoms with van der Waals surface area (Å²) >= 11 is 0. The first-order valence-electron chi connectivity index (χ1n) is 9.30. The van der Waals surface area contributed by atoms with Gasteiger partial charge >= 0.3 is 5.97 Å². The van der Waals surface area contributed by atoms with Gasteiger partial charge in [0.05, 0.1) is 6.04 Å². The molecule has 7 nitrogen and oxygen atoms in total.